The zero-order valence-electron chi connectivity index (χ0n) is 15.4. The van der Waals surface area contributed by atoms with Crippen molar-refractivity contribution in [2.75, 3.05) is 12.4 Å². The van der Waals surface area contributed by atoms with E-state index in [-0.39, 0.29) is 5.91 Å². The lowest BCUT2D eigenvalue weighted by molar-refractivity contribution is -0.120. The molecule has 1 amide bonds. The lowest BCUT2D eigenvalue weighted by atomic mass is 9.78. The molecule has 0 fully saturated rings. The summed E-state index contributed by atoms with van der Waals surface area (Å²) in [5.74, 6) is 0.997. The van der Waals surface area contributed by atoms with Crippen LogP contribution in [0.25, 0.3) is 0 Å². The number of hydrogen-bond acceptors (Lipinski definition) is 2. The summed E-state index contributed by atoms with van der Waals surface area (Å²) in [5.41, 5.74) is 3.41. The van der Waals surface area contributed by atoms with Crippen molar-refractivity contribution in [3.8, 4) is 5.75 Å². The number of benzene rings is 2. The maximum Gasteiger partial charge on any atom is 0.234 e. The van der Waals surface area contributed by atoms with Crippen molar-refractivity contribution in [2.45, 2.75) is 46.0 Å². The lowest BCUT2D eigenvalue weighted by Gasteiger charge is -2.28. The fourth-order valence-corrected chi connectivity index (χ4v) is 2.87. The van der Waals surface area contributed by atoms with Crippen LogP contribution < -0.4 is 10.1 Å². The number of carbonyl (C=O) groups excluding carboxylic acids is 1. The van der Waals surface area contributed by atoms with E-state index >= 15 is 0 Å². The number of aryl methyl sites for hydroxylation is 1. The Kier molecular flexibility index (Phi) is 5.33. The third-order valence-electron chi connectivity index (χ3n) is 4.43. The smallest absolute Gasteiger partial charge is 0.234 e. The second-order valence-corrected chi connectivity index (χ2v) is 7.02. The van der Waals surface area contributed by atoms with E-state index in [0.717, 1.165) is 11.1 Å². The van der Waals surface area contributed by atoms with Crippen LogP contribution in [0, 0.1) is 6.92 Å². The van der Waals surface area contributed by atoms with E-state index in [1.807, 2.05) is 57.2 Å². The molecule has 0 aromatic heterocycles. The third-order valence-corrected chi connectivity index (χ3v) is 4.43. The Labute approximate surface area is 145 Å². The molecule has 24 heavy (non-hydrogen) atoms. The average molecular weight is 325 g/mol. The number of nitrogens with one attached hydrogen (secondary N) is 1. The SMILES string of the molecule is COc1cc(C)ccc1NC(=O)C(C)(C)c1ccccc1C(C)C. The van der Waals surface area contributed by atoms with Crippen LogP contribution in [0.1, 0.15) is 50.3 Å². The number of anilines is 1. The van der Waals surface area contributed by atoms with E-state index in [0.29, 0.717) is 17.4 Å². The minimum Gasteiger partial charge on any atom is -0.495 e. The van der Waals surface area contributed by atoms with Crippen molar-refractivity contribution in [1.29, 1.82) is 0 Å². The van der Waals surface area contributed by atoms with Crippen molar-refractivity contribution in [2.24, 2.45) is 0 Å². The Balaban J connectivity index is 2.35. The van der Waals surface area contributed by atoms with Gasteiger partial charge in [-0.3, -0.25) is 4.79 Å². The summed E-state index contributed by atoms with van der Waals surface area (Å²) in [5, 5.41) is 3.03. The van der Waals surface area contributed by atoms with Crippen LogP contribution in [0.3, 0.4) is 0 Å². The monoisotopic (exact) mass is 325 g/mol. The molecule has 0 aliphatic rings. The maximum absolute atomic E-state index is 13.0. The molecule has 1 N–H and O–H groups in total. The quantitative estimate of drug-likeness (QED) is 0.836. The van der Waals surface area contributed by atoms with Gasteiger partial charge in [0.15, 0.2) is 0 Å². The predicted molar refractivity (Wildman–Crippen MR) is 99.9 cm³/mol. The van der Waals surface area contributed by atoms with Gasteiger partial charge < -0.3 is 10.1 Å². The summed E-state index contributed by atoms with van der Waals surface area (Å²) in [6, 6.07) is 13.9. The van der Waals surface area contributed by atoms with E-state index < -0.39 is 5.41 Å². The number of hydrogen-bond donors (Lipinski definition) is 1. The van der Waals surface area contributed by atoms with E-state index in [4.69, 9.17) is 4.74 Å². The van der Waals surface area contributed by atoms with Gasteiger partial charge in [-0.2, -0.15) is 0 Å². The Hall–Kier alpha value is -2.29. The van der Waals surface area contributed by atoms with Gasteiger partial charge in [0.05, 0.1) is 18.2 Å². The number of carbonyl (C=O) groups is 1. The van der Waals surface area contributed by atoms with Gasteiger partial charge >= 0.3 is 0 Å². The second kappa shape index (κ2) is 7.08. The Morgan fingerprint density at radius 1 is 1.12 bits per heavy atom. The van der Waals surface area contributed by atoms with Gasteiger partial charge in [0.25, 0.3) is 0 Å². The molecule has 0 saturated heterocycles. The van der Waals surface area contributed by atoms with Crippen LogP contribution in [-0.4, -0.2) is 13.0 Å². The molecule has 128 valence electrons. The molecule has 0 bridgehead atoms. The van der Waals surface area contributed by atoms with Crippen molar-refractivity contribution in [1.82, 2.24) is 0 Å². The number of amides is 1. The van der Waals surface area contributed by atoms with Gasteiger partial charge in [-0.1, -0.05) is 44.2 Å². The molecule has 0 atom stereocenters. The van der Waals surface area contributed by atoms with Gasteiger partial charge in [0, 0.05) is 0 Å². The molecule has 0 unspecified atom stereocenters. The molecule has 3 heteroatoms. The minimum absolute atomic E-state index is 0.0437. The van der Waals surface area contributed by atoms with Gasteiger partial charge in [-0.05, 0) is 55.5 Å². The average Bonchev–Trinajstić information content (AvgIpc) is 2.56. The molecule has 2 aromatic carbocycles. The zero-order chi connectivity index (χ0) is 17.9. The summed E-state index contributed by atoms with van der Waals surface area (Å²) in [6.07, 6.45) is 0. The normalized spacial score (nSPS) is 11.5. The minimum atomic E-state index is -0.642. The van der Waals surface area contributed by atoms with E-state index in [1.165, 1.54) is 5.56 Å². The van der Waals surface area contributed by atoms with Crippen LogP contribution in [-0.2, 0) is 10.2 Å². The molecule has 0 radical (unpaired) electrons. The standard InChI is InChI=1S/C21H27NO2/c1-14(2)16-9-7-8-10-17(16)21(4,5)20(23)22-18-12-11-15(3)13-19(18)24-6/h7-14H,1-6H3,(H,22,23). The summed E-state index contributed by atoms with van der Waals surface area (Å²) in [7, 11) is 1.61. The molecule has 0 spiro atoms. The molecular weight excluding hydrogens is 298 g/mol. The van der Waals surface area contributed by atoms with E-state index in [9.17, 15) is 4.79 Å². The van der Waals surface area contributed by atoms with Crippen LogP contribution in [0.5, 0.6) is 5.75 Å². The highest BCUT2D eigenvalue weighted by atomic mass is 16.5. The largest absolute Gasteiger partial charge is 0.495 e. The second-order valence-electron chi connectivity index (χ2n) is 7.02. The Morgan fingerprint density at radius 2 is 1.79 bits per heavy atom. The zero-order valence-corrected chi connectivity index (χ0v) is 15.4. The topological polar surface area (TPSA) is 38.3 Å². The Bertz CT molecular complexity index is 732. The van der Waals surface area contributed by atoms with Gasteiger partial charge in [-0.15, -0.1) is 0 Å². The van der Waals surface area contributed by atoms with E-state index in [1.54, 1.807) is 7.11 Å². The van der Waals surface area contributed by atoms with Gasteiger partial charge in [-0.25, -0.2) is 0 Å². The summed E-state index contributed by atoms with van der Waals surface area (Å²) >= 11 is 0. The molecule has 0 aliphatic carbocycles. The first-order valence-electron chi connectivity index (χ1n) is 8.33. The summed E-state index contributed by atoms with van der Waals surface area (Å²) in [6.45, 7) is 10.2. The van der Waals surface area contributed by atoms with Crippen LogP contribution in [0.15, 0.2) is 42.5 Å². The summed E-state index contributed by atoms with van der Waals surface area (Å²) in [4.78, 5) is 13.0. The fourth-order valence-electron chi connectivity index (χ4n) is 2.87. The van der Waals surface area contributed by atoms with Crippen molar-refractivity contribution in [3.05, 3.63) is 59.2 Å². The van der Waals surface area contributed by atoms with Gasteiger partial charge in [0.2, 0.25) is 5.91 Å². The first kappa shape index (κ1) is 18.1. The highest BCUT2D eigenvalue weighted by Gasteiger charge is 2.32. The van der Waals surface area contributed by atoms with E-state index in [2.05, 4.69) is 25.2 Å². The highest BCUT2D eigenvalue weighted by Crippen LogP contribution is 2.33. The molecule has 2 rings (SSSR count). The first-order chi connectivity index (χ1) is 11.3. The van der Waals surface area contributed by atoms with Crippen LogP contribution in [0.2, 0.25) is 0 Å². The molecule has 2 aromatic rings. The third kappa shape index (κ3) is 3.61. The lowest BCUT2D eigenvalue weighted by Crippen LogP contribution is -2.35. The number of rotatable bonds is 5. The summed E-state index contributed by atoms with van der Waals surface area (Å²) < 4.78 is 5.39. The van der Waals surface area contributed by atoms with Crippen molar-refractivity contribution < 1.29 is 9.53 Å². The van der Waals surface area contributed by atoms with Crippen LogP contribution in [0.4, 0.5) is 5.69 Å². The van der Waals surface area contributed by atoms with Crippen molar-refractivity contribution >= 4 is 11.6 Å². The molecule has 0 saturated carbocycles. The van der Waals surface area contributed by atoms with Crippen LogP contribution >= 0.6 is 0 Å². The number of ether oxygens (including phenoxy) is 1. The molecular formula is C21H27NO2. The molecule has 0 heterocycles. The fraction of sp³-hybridized carbons (Fsp3) is 0.381. The first-order valence-corrected chi connectivity index (χ1v) is 8.33. The van der Waals surface area contributed by atoms with Gasteiger partial charge in [0.1, 0.15) is 5.75 Å². The van der Waals surface area contributed by atoms with Crippen molar-refractivity contribution in [3.63, 3.8) is 0 Å². The maximum atomic E-state index is 13.0. The molecule has 0 aliphatic heterocycles. The molecule has 3 nitrogen and oxygen atoms in total. The predicted octanol–water partition coefficient (Wildman–Crippen LogP) is 5.04. The number of methoxy groups -OCH3 is 1. The highest BCUT2D eigenvalue weighted by molar-refractivity contribution is 5.99. The Morgan fingerprint density at radius 3 is 2.42 bits per heavy atom.